The Morgan fingerprint density at radius 2 is 2.05 bits per heavy atom. The number of hydrogen-bond donors (Lipinski definition) is 1. The van der Waals surface area contributed by atoms with Gasteiger partial charge in [-0.05, 0) is 12.1 Å². The van der Waals surface area contributed by atoms with Crippen LogP contribution in [0.15, 0.2) is 18.2 Å². The Morgan fingerprint density at radius 3 is 2.58 bits per heavy atom. The van der Waals surface area contributed by atoms with E-state index in [0.717, 1.165) is 18.1 Å². The van der Waals surface area contributed by atoms with Crippen molar-refractivity contribution in [1.29, 1.82) is 0 Å². The predicted octanol–water partition coefficient (Wildman–Crippen LogP) is 1.98. The fourth-order valence-electron chi connectivity index (χ4n) is 2.20. The molecular weight excluding hydrogens is 262 g/mol. The molecule has 0 spiro atoms. The molecule has 1 aliphatic heterocycles. The zero-order valence-electron chi connectivity index (χ0n) is 11.3. The minimum absolute atomic E-state index is 0.0642. The molecule has 0 radical (unpaired) electrons. The molecule has 1 heterocycles. The Balaban J connectivity index is 2.17. The molecule has 5 heteroatoms. The summed E-state index contributed by atoms with van der Waals surface area (Å²) >= 11 is 1.88. The van der Waals surface area contributed by atoms with Crippen molar-refractivity contribution in [1.82, 2.24) is 5.32 Å². The van der Waals surface area contributed by atoms with Gasteiger partial charge in [0.25, 0.3) is 0 Å². The van der Waals surface area contributed by atoms with E-state index in [2.05, 4.69) is 5.32 Å². The van der Waals surface area contributed by atoms with Crippen molar-refractivity contribution in [2.45, 2.75) is 12.5 Å². The molecule has 0 saturated carbocycles. The molecular formula is C14H19NO3S. The average molecular weight is 281 g/mol. The van der Waals surface area contributed by atoms with Crippen LogP contribution in [0.5, 0.6) is 11.5 Å². The summed E-state index contributed by atoms with van der Waals surface area (Å²) in [5.41, 5.74) is 0.546. The van der Waals surface area contributed by atoms with E-state index < -0.39 is 0 Å². The van der Waals surface area contributed by atoms with E-state index in [-0.39, 0.29) is 11.8 Å². The van der Waals surface area contributed by atoms with Gasteiger partial charge in [0.1, 0.15) is 17.1 Å². The van der Waals surface area contributed by atoms with Crippen molar-refractivity contribution < 1.29 is 14.3 Å². The van der Waals surface area contributed by atoms with Crippen LogP contribution >= 0.6 is 11.8 Å². The van der Waals surface area contributed by atoms with E-state index >= 15 is 0 Å². The van der Waals surface area contributed by atoms with Crippen LogP contribution in [0.2, 0.25) is 0 Å². The molecule has 0 amide bonds. The number of thioether (sulfide) groups is 1. The number of ether oxygens (including phenoxy) is 2. The van der Waals surface area contributed by atoms with Crippen LogP contribution in [-0.2, 0) is 0 Å². The first-order valence-corrected chi connectivity index (χ1v) is 7.47. The van der Waals surface area contributed by atoms with Gasteiger partial charge in [-0.2, -0.15) is 11.8 Å². The van der Waals surface area contributed by atoms with E-state index in [9.17, 15) is 4.79 Å². The highest BCUT2D eigenvalue weighted by Gasteiger charge is 2.22. The number of nitrogens with one attached hydrogen (secondary N) is 1. The minimum atomic E-state index is 0.0642. The highest BCUT2D eigenvalue weighted by Crippen LogP contribution is 2.30. The van der Waals surface area contributed by atoms with Crippen molar-refractivity contribution >= 4 is 17.5 Å². The summed E-state index contributed by atoms with van der Waals surface area (Å²) in [5.74, 6) is 3.31. The number of methoxy groups -OCH3 is 2. The Bertz CT molecular complexity index is 422. The lowest BCUT2D eigenvalue weighted by molar-refractivity contribution is 0.0966. The van der Waals surface area contributed by atoms with E-state index in [4.69, 9.17) is 9.47 Å². The van der Waals surface area contributed by atoms with Crippen molar-refractivity contribution in [3.63, 3.8) is 0 Å². The largest absolute Gasteiger partial charge is 0.496 e. The van der Waals surface area contributed by atoms with Gasteiger partial charge < -0.3 is 14.8 Å². The lowest BCUT2D eigenvalue weighted by Crippen LogP contribution is -2.38. The first-order valence-electron chi connectivity index (χ1n) is 6.31. The average Bonchev–Trinajstić information content (AvgIpc) is 2.47. The van der Waals surface area contributed by atoms with Gasteiger partial charge in [-0.1, -0.05) is 6.07 Å². The van der Waals surface area contributed by atoms with E-state index in [1.165, 1.54) is 0 Å². The van der Waals surface area contributed by atoms with Gasteiger partial charge in [0.2, 0.25) is 0 Å². The summed E-state index contributed by atoms with van der Waals surface area (Å²) in [6.07, 6.45) is 0.476. The van der Waals surface area contributed by atoms with Crippen LogP contribution in [0.1, 0.15) is 16.8 Å². The number of rotatable bonds is 5. The number of ketones is 1. The fraction of sp³-hybridized carbons (Fsp3) is 0.500. The molecule has 1 unspecified atom stereocenters. The van der Waals surface area contributed by atoms with Crippen LogP contribution in [0, 0.1) is 0 Å². The molecule has 0 aliphatic carbocycles. The number of carbonyl (C=O) groups excluding carboxylic acids is 1. The summed E-state index contributed by atoms with van der Waals surface area (Å²) in [4.78, 5) is 12.5. The lowest BCUT2D eigenvalue weighted by Gasteiger charge is -2.23. The molecule has 1 aromatic carbocycles. The zero-order chi connectivity index (χ0) is 13.7. The maximum absolute atomic E-state index is 12.5. The molecule has 104 valence electrons. The second kappa shape index (κ2) is 6.82. The first-order chi connectivity index (χ1) is 9.26. The van der Waals surface area contributed by atoms with E-state index in [1.54, 1.807) is 26.4 Å². The third-order valence-corrected chi connectivity index (χ3v) is 4.27. The summed E-state index contributed by atoms with van der Waals surface area (Å²) in [7, 11) is 3.14. The van der Waals surface area contributed by atoms with Crippen molar-refractivity contribution in [2.75, 3.05) is 32.3 Å². The second-order valence-corrected chi connectivity index (χ2v) is 5.54. The molecule has 1 aliphatic rings. The van der Waals surface area contributed by atoms with Gasteiger partial charge in [0.15, 0.2) is 5.78 Å². The number of Topliss-reactive ketones (excluding diaryl/α,β-unsaturated/α-hetero) is 1. The molecule has 19 heavy (non-hydrogen) atoms. The molecule has 1 N–H and O–H groups in total. The number of benzene rings is 1. The van der Waals surface area contributed by atoms with Crippen molar-refractivity contribution in [3.8, 4) is 11.5 Å². The van der Waals surface area contributed by atoms with E-state index in [1.807, 2.05) is 17.8 Å². The number of hydrogen-bond acceptors (Lipinski definition) is 5. The Labute approximate surface area is 117 Å². The Hall–Kier alpha value is -1.20. The van der Waals surface area contributed by atoms with Gasteiger partial charge in [0.05, 0.1) is 14.2 Å². The van der Waals surface area contributed by atoms with Crippen LogP contribution in [0.4, 0.5) is 0 Å². The van der Waals surface area contributed by atoms with Crippen molar-refractivity contribution in [2.24, 2.45) is 0 Å². The van der Waals surface area contributed by atoms with Gasteiger partial charge in [-0.15, -0.1) is 0 Å². The van der Waals surface area contributed by atoms with Crippen LogP contribution in [0.3, 0.4) is 0 Å². The smallest absolute Gasteiger partial charge is 0.171 e. The maximum Gasteiger partial charge on any atom is 0.171 e. The quantitative estimate of drug-likeness (QED) is 0.836. The molecule has 1 aromatic rings. The lowest BCUT2D eigenvalue weighted by atomic mass is 10.0. The van der Waals surface area contributed by atoms with Gasteiger partial charge in [-0.25, -0.2) is 0 Å². The monoisotopic (exact) mass is 281 g/mol. The van der Waals surface area contributed by atoms with Crippen LogP contribution < -0.4 is 14.8 Å². The summed E-state index contributed by atoms with van der Waals surface area (Å²) in [5, 5.41) is 3.37. The Kier molecular flexibility index (Phi) is 5.10. The van der Waals surface area contributed by atoms with Crippen LogP contribution in [-0.4, -0.2) is 44.1 Å². The molecule has 2 rings (SSSR count). The molecule has 0 bridgehead atoms. The first kappa shape index (κ1) is 14.2. The standard InChI is InChI=1S/C14H19NO3S/c1-17-12-4-3-5-13(18-2)14(12)11(16)8-10-9-19-7-6-15-10/h3-5,10,15H,6-9H2,1-2H3. The predicted molar refractivity (Wildman–Crippen MR) is 77.6 cm³/mol. The molecule has 1 atom stereocenters. The zero-order valence-corrected chi connectivity index (χ0v) is 12.1. The van der Waals surface area contributed by atoms with Gasteiger partial charge >= 0.3 is 0 Å². The maximum atomic E-state index is 12.5. The molecule has 1 fully saturated rings. The molecule has 0 aromatic heterocycles. The molecule has 1 saturated heterocycles. The second-order valence-electron chi connectivity index (χ2n) is 4.39. The highest BCUT2D eigenvalue weighted by atomic mass is 32.2. The summed E-state index contributed by atoms with van der Waals surface area (Å²) in [6, 6.07) is 5.64. The minimum Gasteiger partial charge on any atom is -0.496 e. The molecule has 4 nitrogen and oxygen atoms in total. The third-order valence-electron chi connectivity index (χ3n) is 3.14. The van der Waals surface area contributed by atoms with Gasteiger partial charge in [0, 0.05) is 30.5 Å². The number of carbonyl (C=O) groups is 1. The normalized spacial score (nSPS) is 18.9. The SMILES string of the molecule is COc1cccc(OC)c1C(=O)CC1CSCCN1. The fourth-order valence-corrected chi connectivity index (χ4v) is 3.15. The summed E-state index contributed by atoms with van der Waals surface area (Å²) in [6.45, 7) is 0.964. The van der Waals surface area contributed by atoms with Crippen molar-refractivity contribution in [3.05, 3.63) is 23.8 Å². The van der Waals surface area contributed by atoms with Crippen LogP contribution in [0.25, 0.3) is 0 Å². The van der Waals surface area contributed by atoms with Gasteiger partial charge in [-0.3, -0.25) is 4.79 Å². The Morgan fingerprint density at radius 1 is 1.37 bits per heavy atom. The topological polar surface area (TPSA) is 47.6 Å². The highest BCUT2D eigenvalue weighted by molar-refractivity contribution is 7.99. The van der Waals surface area contributed by atoms with E-state index in [0.29, 0.717) is 23.5 Å². The summed E-state index contributed by atoms with van der Waals surface area (Å²) < 4.78 is 10.5. The third kappa shape index (κ3) is 3.42.